The molecule has 0 amide bonds. The predicted octanol–water partition coefficient (Wildman–Crippen LogP) is 8.90. The zero-order valence-electron chi connectivity index (χ0n) is 16.7. The van der Waals surface area contributed by atoms with Gasteiger partial charge in [-0.15, -0.1) is 11.3 Å². The molecule has 1 heterocycles. The lowest BCUT2D eigenvalue weighted by molar-refractivity contribution is 0.368. The molecule has 1 unspecified atom stereocenters. The third-order valence-electron chi connectivity index (χ3n) is 5.53. The van der Waals surface area contributed by atoms with E-state index >= 15 is 0 Å². The van der Waals surface area contributed by atoms with E-state index < -0.39 is 0 Å². The van der Waals surface area contributed by atoms with E-state index in [-0.39, 0.29) is 0 Å². The van der Waals surface area contributed by atoms with E-state index in [1.54, 1.807) is 4.88 Å². The molecule has 1 atom stereocenters. The Bertz CT molecular complexity index is 367. The highest BCUT2D eigenvalue weighted by atomic mass is 32.1. The van der Waals surface area contributed by atoms with Crippen molar-refractivity contribution in [1.29, 1.82) is 0 Å². The minimum atomic E-state index is 0.433. The molecular formula is C23H42S. The zero-order chi connectivity index (χ0) is 17.5. The molecule has 0 aliphatic heterocycles. The van der Waals surface area contributed by atoms with Crippen LogP contribution in [0.3, 0.4) is 0 Å². The highest BCUT2D eigenvalue weighted by Crippen LogP contribution is 2.38. The zero-order valence-corrected chi connectivity index (χ0v) is 17.6. The maximum absolute atomic E-state index is 2.53. The monoisotopic (exact) mass is 350 g/mol. The van der Waals surface area contributed by atoms with Gasteiger partial charge < -0.3 is 0 Å². The third kappa shape index (κ3) is 9.25. The third-order valence-corrected chi connectivity index (χ3v) is 6.71. The molecule has 0 fully saturated rings. The molecule has 0 aliphatic rings. The highest BCUT2D eigenvalue weighted by molar-refractivity contribution is 7.10. The fourth-order valence-corrected chi connectivity index (χ4v) is 4.71. The summed E-state index contributed by atoms with van der Waals surface area (Å²) in [4.78, 5) is 1.63. The van der Waals surface area contributed by atoms with E-state index in [4.69, 9.17) is 0 Å². The van der Waals surface area contributed by atoms with Gasteiger partial charge in [-0.3, -0.25) is 0 Å². The van der Waals surface area contributed by atoms with Crippen molar-refractivity contribution >= 4 is 11.3 Å². The van der Waals surface area contributed by atoms with Crippen molar-refractivity contribution in [2.24, 2.45) is 0 Å². The lowest BCUT2D eigenvalue weighted by atomic mass is 9.78. The van der Waals surface area contributed by atoms with E-state index in [1.807, 2.05) is 11.3 Å². The Morgan fingerprint density at radius 1 is 0.708 bits per heavy atom. The summed E-state index contributed by atoms with van der Waals surface area (Å²) in [7, 11) is 0. The SMILES string of the molecule is CCCCCCCCCC(C)(CCCCCCCC)c1cccs1. The first kappa shape index (κ1) is 21.7. The van der Waals surface area contributed by atoms with Gasteiger partial charge in [0, 0.05) is 10.3 Å². The molecule has 1 heteroatoms. The fraction of sp³-hybridized carbons (Fsp3) is 0.826. The van der Waals surface area contributed by atoms with Crippen LogP contribution in [0.15, 0.2) is 17.5 Å². The van der Waals surface area contributed by atoms with E-state index in [0.29, 0.717) is 5.41 Å². The van der Waals surface area contributed by atoms with Crippen LogP contribution in [-0.2, 0) is 5.41 Å². The Hall–Kier alpha value is -0.300. The summed E-state index contributed by atoms with van der Waals surface area (Å²) in [5.41, 5.74) is 0.433. The molecule has 140 valence electrons. The van der Waals surface area contributed by atoms with Crippen molar-refractivity contribution in [2.75, 3.05) is 0 Å². The van der Waals surface area contributed by atoms with Crippen molar-refractivity contribution in [2.45, 2.75) is 122 Å². The first-order valence-electron chi connectivity index (χ1n) is 10.8. The van der Waals surface area contributed by atoms with Gasteiger partial charge in [0.15, 0.2) is 0 Å². The summed E-state index contributed by atoms with van der Waals surface area (Å²) in [5.74, 6) is 0. The van der Waals surface area contributed by atoms with Gasteiger partial charge >= 0.3 is 0 Å². The van der Waals surface area contributed by atoms with Gasteiger partial charge in [-0.1, -0.05) is 110 Å². The maximum Gasteiger partial charge on any atom is 0.0104 e. The second-order valence-corrected chi connectivity index (χ2v) is 8.87. The van der Waals surface area contributed by atoms with E-state index in [0.717, 1.165) is 0 Å². The van der Waals surface area contributed by atoms with Crippen LogP contribution in [0.25, 0.3) is 0 Å². The number of rotatable bonds is 16. The Morgan fingerprint density at radius 3 is 1.58 bits per heavy atom. The fourth-order valence-electron chi connectivity index (χ4n) is 3.76. The smallest absolute Gasteiger partial charge is 0.0104 e. The molecule has 0 saturated carbocycles. The van der Waals surface area contributed by atoms with Gasteiger partial charge in [0.05, 0.1) is 0 Å². The van der Waals surface area contributed by atoms with Gasteiger partial charge in [0.2, 0.25) is 0 Å². The Kier molecular flexibility index (Phi) is 12.6. The topological polar surface area (TPSA) is 0 Å². The average Bonchev–Trinajstić information content (AvgIpc) is 3.12. The number of hydrogen-bond acceptors (Lipinski definition) is 1. The summed E-state index contributed by atoms with van der Waals surface area (Å²) in [6, 6.07) is 4.62. The highest BCUT2D eigenvalue weighted by Gasteiger charge is 2.26. The average molecular weight is 351 g/mol. The number of hydrogen-bond donors (Lipinski definition) is 0. The standard InChI is InChI=1S/C23H42S/c1-4-6-8-10-12-14-16-20-23(3,22-18-17-21-24-22)19-15-13-11-9-7-5-2/h17-18,21H,4-16,19-20H2,1-3H3. The van der Waals surface area contributed by atoms with Gasteiger partial charge in [0.25, 0.3) is 0 Å². The number of thiophene rings is 1. The number of unbranched alkanes of at least 4 members (excludes halogenated alkanes) is 11. The molecule has 0 aromatic carbocycles. The van der Waals surface area contributed by atoms with Crippen LogP contribution in [-0.4, -0.2) is 0 Å². The Labute approximate surface area is 156 Å². The summed E-state index contributed by atoms with van der Waals surface area (Å²) >= 11 is 1.98. The van der Waals surface area contributed by atoms with Crippen LogP contribution in [0, 0.1) is 0 Å². The van der Waals surface area contributed by atoms with E-state index in [2.05, 4.69) is 38.3 Å². The molecule has 0 nitrogen and oxygen atoms in total. The molecule has 0 saturated heterocycles. The van der Waals surface area contributed by atoms with Crippen LogP contribution in [0.1, 0.15) is 122 Å². The van der Waals surface area contributed by atoms with Crippen molar-refractivity contribution in [1.82, 2.24) is 0 Å². The normalized spacial score (nSPS) is 14.0. The van der Waals surface area contributed by atoms with Gasteiger partial charge in [-0.05, 0) is 24.3 Å². The minimum Gasteiger partial charge on any atom is -0.148 e. The predicted molar refractivity (Wildman–Crippen MR) is 112 cm³/mol. The quantitative estimate of drug-likeness (QED) is 0.261. The summed E-state index contributed by atoms with van der Waals surface area (Å²) in [5, 5.41) is 2.26. The van der Waals surface area contributed by atoms with Gasteiger partial charge in [-0.25, -0.2) is 0 Å². The summed E-state index contributed by atoms with van der Waals surface area (Å²) in [6.45, 7) is 7.13. The molecule has 1 aromatic heterocycles. The summed E-state index contributed by atoms with van der Waals surface area (Å²) in [6.07, 6.45) is 21.2. The lowest BCUT2D eigenvalue weighted by Gasteiger charge is -2.29. The van der Waals surface area contributed by atoms with E-state index in [1.165, 1.54) is 96.3 Å². The lowest BCUT2D eigenvalue weighted by Crippen LogP contribution is -2.20. The Morgan fingerprint density at radius 2 is 1.17 bits per heavy atom. The van der Waals surface area contributed by atoms with Crippen molar-refractivity contribution in [3.8, 4) is 0 Å². The van der Waals surface area contributed by atoms with Gasteiger partial charge in [-0.2, -0.15) is 0 Å². The largest absolute Gasteiger partial charge is 0.148 e. The maximum atomic E-state index is 2.53. The first-order valence-corrected chi connectivity index (χ1v) is 11.6. The molecule has 0 aliphatic carbocycles. The molecule has 1 rings (SSSR count). The Balaban J connectivity index is 2.29. The van der Waals surface area contributed by atoms with Crippen LogP contribution in [0.4, 0.5) is 0 Å². The van der Waals surface area contributed by atoms with Crippen LogP contribution in [0.2, 0.25) is 0 Å². The summed E-state index contributed by atoms with van der Waals surface area (Å²) < 4.78 is 0. The molecule has 0 radical (unpaired) electrons. The molecule has 0 N–H and O–H groups in total. The van der Waals surface area contributed by atoms with Crippen molar-refractivity contribution < 1.29 is 0 Å². The second-order valence-electron chi connectivity index (χ2n) is 7.93. The second kappa shape index (κ2) is 13.9. The van der Waals surface area contributed by atoms with Crippen molar-refractivity contribution in [3.63, 3.8) is 0 Å². The molecule has 24 heavy (non-hydrogen) atoms. The molecule has 0 spiro atoms. The van der Waals surface area contributed by atoms with Crippen LogP contribution >= 0.6 is 11.3 Å². The van der Waals surface area contributed by atoms with Gasteiger partial charge in [0.1, 0.15) is 0 Å². The van der Waals surface area contributed by atoms with Crippen LogP contribution < -0.4 is 0 Å². The van der Waals surface area contributed by atoms with Crippen LogP contribution in [0.5, 0.6) is 0 Å². The van der Waals surface area contributed by atoms with E-state index in [9.17, 15) is 0 Å². The molecular weight excluding hydrogens is 308 g/mol. The first-order chi connectivity index (χ1) is 11.7. The van der Waals surface area contributed by atoms with Crippen molar-refractivity contribution in [3.05, 3.63) is 22.4 Å². The minimum absolute atomic E-state index is 0.433. The molecule has 1 aromatic rings. The molecule has 0 bridgehead atoms.